The minimum atomic E-state index is 0.225. The van der Waals surface area contributed by atoms with Gasteiger partial charge in [-0.3, -0.25) is 10.1 Å². The van der Waals surface area contributed by atoms with Crippen LogP contribution in [0.1, 0.15) is 24.1 Å². The molecular formula is C15H15ClN4. The zero-order valence-electron chi connectivity index (χ0n) is 11.1. The molecule has 0 fully saturated rings. The third kappa shape index (κ3) is 2.53. The van der Waals surface area contributed by atoms with E-state index in [4.69, 9.17) is 11.6 Å². The van der Waals surface area contributed by atoms with Crippen molar-refractivity contribution in [3.05, 3.63) is 59.0 Å². The van der Waals surface area contributed by atoms with Crippen molar-refractivity contribution in [1.82, 2.24) is 20.5 Å². The van der Waals surface area contributed by atoms with Gasteiger partial charge in [0.15, 0.2) is 0 Å². The standard InChI is InChI=1S/C15H15ClN4/c1-10(12-8-19-20-9-12)18-7-11-4-5-14(16)13-3-2-6-17-15(11)13/h2-6,8-10,18H,7H2,1H3,(H,19,20). The molecule has 1 aromatic carbocycles. The number of nitrogens with one attached hydrogen (secondary N) is 2. The van der Waals surface area contributed by atoms with Gasteiger partial charge in [0.1, 0.15) is 0 Å². The lowest BCUT2D eigenvalue weighted by atomic mass is 10.1. The van der Waals surface area contributed by atoms with Crippen molar-refractivity contribution >= 4 is 22.5 Å². The van der Waals surface area contributed by atoms with E-state index >= 15 is 0 Å². The van der Waals surface area contributed by atoms with Crippen LogP contribution in [0.15, 0.2) is 42.9 Å². The highest BCUT2D eigenvalue weighted by molar-refractivity contribution is 6.35. The number of pyridine rings is 1. The van der Waals surface area contributed by atoms with Gasteiger partial charge in [0, 0.05) is 41.0 Å². The molecule has 3 aromatic rings. The van der Waals surface area contributed by atoms with E-state index in [-0.39, 0.29) is 6.04 Å². The van der Waals surface area contributed by atoms with E-state index in [1.165, 1.54) is 0 Å². The highest BCUT2D eigenvalue weighted by Gasteiger charge is 2.09. The normalized spacial score (nSPS) is 12.7. The van der Waals surface area contributed by atoms with Crippen molar-refractivity contribution in [2.75, 3.05) is 0 Å². The maximum absolute atomic E-state index is 6.20. The minimum absolute atomic E-state index is 0.225. The van der Waals surface area contributed by atoms with Crippen molar-refractivity contribution in [2.45, 2.75) is 19.5 Å². The molecule has 3 rings (SSSR count). The van der Waals surface area contributed by atoms with Crippen LogP contribution in [0.5, 0.6) is 0 Å². The predicted molar refractivity (Wildman–Crippen MR) is 80.6 cm³/mol. The van der Waals surface area contributed by atoms with Gasteiger partial charge in [-0.1, -0.05) is 17.7 Å². The third-order valence-electron chi connectivity index (χ3n) is 3.42. The van der Waals surface area contributed by atoms with E-state index in [2.05, 4.69) is 27.4 Å². The molecule has 0 aliphatic carbocycles. The number of aromatic amines is 1. The van der Waals surface area contributed by atoms with Crippen LogP contribution in [0.2, 0.25) is 5.02 Å². The molecule has 20 heavy (non-hydrogen) atoms. The molecule has 4 nitrogen and oxygen atoms in total. The van der Waals surface area contributed by atoms with Crippen LogP contribution < -0.4 is 5.32 Å². The fourth-order valence-corrected chi connectivity index (χ4v) is 2.43. The summed E-state index contributed by atoms with van der Waals surface area (Å²) in [5.41, 5.74) is 3.23. The fraction of sp³-hybridized carbons (Fsp3) is 0.200. The van der Waals surface area contributed by atoms with Crippen LogP contribution in [0.4, 0.5) is 0 Å². The second-order valence-corrected chi connectivity index (χ2v) is 5.15. The number of benzene rings is 1. The van der Waals surface area contributed by atoms with E-state index in [0.717, 1.165) is 33.6 Å². The fourth-order valence-electron chi connectivity index (χ4n) is 2.22. The van der Waals surface area contributed by atoms with Gasteiger partial charge in [-0.2, -0.15) is 5.10 Å². The summed E-state index contributed by atoms with van der Waals surface area (Å²) in [5, 5.41) is 12.0. The predicted octanol–water partition coefficient (Wildman–Crippen LogP) is 3.46. The summed E-state index contributed by atoms with van der Waals surface area (Å²) in [6.07, 6.45) is 5.52. The maximum atomic E-state index is 6.20. The minimum Gasteiger partial charge on any atom is -0.306 e. The summed E-state index contributed by atoms with van der Waals surface area (Å²) < 4.78 is 0. The topological polar surface area (TPSA) is 53.6 Å². The van der Waals surface area contributed by atoms with Gasteiger partial charge in [-0.15, -0.1) is 0 Å². The Balaban J connectivity index is 1.83. The lowest BCUT2D eigenvalue weighted by molar-refractivity contribution is 0.576. The molecule has 2 N–H and O–H groups in total. The molecule has 0 spiro atoms. The summed E-state index contributed by atoms with van der Waals surface area (Å²) in [7, 11) is 0. The van der Waals surface area contributed by atoms with Crippen molar-refractivity contribution in [1.29, 1.82) is 0 Å². The Morgan fingerprint density at radius 1 is 1.35 bits per heavy atom. The number of nitrogens with zero attached hydrogens (tertiary/aromatic N) is 2. The summed E-state index contributed by atoms with van der Waals surface area (Å²) >= 11 is 6.20. The van der Waals surface area contributed by atoms with E-state index < -0.39 is 0 Å². The average molecular weight is 287 g/mol. The highest BCUT2D eigenvalue weighted by atomic mass is 35.5. The highest BCUT2D eigenvalue weighted by Crippen LogP contribution is 2.25. The van der Waals surface area contributed by atoms with Crippen LogP contribution in [-0.4, -0.2) is 15.2 Å². The molecule has 0 aliphatic rings. The maximum Gasteiger partial charge on any atom is 0.0761 e. The molecule has 2 aromatic heterocycles. The first-order valence-corrected chi connectivity index (χ1v) is 6.87. The summed E-state index contributed by atoms with van der Waals surface area (Å²) in [6, 6.07) is 8.06. The first-order valence-electron chi connectivity index (χ1n) is 6.50. The summed E-state index contributed by atoms with van der Waals surface area (Å²) in [4.78, 5) is 4.44. The molecule has 0 bridgehead atoms. The van der Waals surface area contributed by atoms with Gasteiger partial charge in [0.25, 0.3) is 0 Å². The zero-order chi connectivity index (χ0) is 13.9. The molecular weight excluding hydrogens is 272 g/mol. The largest absolute Gasteiger partial charge is 0.306 e. The van der Waals surface area contributed by atoms with E-state index in [9.17, 15) is 0 Å². The Bertz CT molecular complexity index is 709. The second kappa shape index (κ2) is 5.61. The molecule has 0 saturated heterocycles. The molecule has 0 radical (unpaired) electrons. The first-order chi connectivity index (χ1) is 9.75. The van der Waals surface area contributed by atoms with Gasteiger partial charge in [-0.25, -0.2) is 0 Å². The number of rotatable bonds is 4. The molecule has 2 heterocycles. The molecule has 5 heteroatoms. The third-order valence-corrected chi connectivity index (χ3v) is 3.75. The molecule has 1 unspecified atom stereocenters. The number of hydrogen-bond acceptors (Lipinski definition) is 3. The van der Waals surface area contributed by atoms with Crippen molar-refractivity contribution < 1.29 is 0 Å². The first kappa shape index (κ1) is 13.1. The number of H-pyrrole nitrogens is 1. The van der Waals surface area contributed by atoms with E-state index in [1.54, 1.807) is 6.20 Å². The van der Waals surface area contributed by atoms with Crippen molar-refractivity contribution in [2.24, 2.45) is 0 Å². The van der Waals surface area contributed by atoms with E-state index in [1.807, 2.05) is 36.7 Å². The van der Waals surface area contributed by atoms with Gasteiger partial charge in [-0.05, 0) is 30.7 Å². The van der Waals surface area contributed by atoms with Crippen molar-refractivity contribution in [3.63, 3.8) is 0 Å². The van der Waals surface area contributed by atoms with Crippen LogP contribution in [-0.2, 0) is 6.54 Å². The Kier molecular flexibility index (Phi) is 3.67. The number of aromatic nitrogens is 3. The monoisotopic (exact) mass is 286 g/mol. The molecule has 102 valence electrons. The molecule has 1 atom stereocenters. The Hall–Kier alpha value is -1.91. The van der Waals surface area contributed by atoms with E-state index in [0.29, 0.717) is 0 Å². The van der Waals surface area contributed by atoms with Crippen LogP contribution in [0.3, 0.4) is 0 Å². The van der Waals surface area contributed by atoms with Gasteiger partial charge in [0.05, 0.1) is 11.7 Å². The van der Waals surface area contributed by atoms with Crippen molar-refractivity contribution in [3.8, 4) is 0 Å². The lowest BCUT2D eigenvalue weighted by Gasteiger charge is -2.13. The Morgan fingerprint density at radius 3 is 3.05 bits per heavy atom. The number of halogens is 1. The Morgan fingerprint density at radius 2 is 2.25 bits per heavy atom. The van der Waals surface area contributed by atoms with Gasteiger partial charge >= 0.3 is 0 Å². The quantitative estimate of drug-likeness (QED) is 0.772. The molecule has 0 aliphatic heterocycles. The van der Waals surface area contributed by atoms with Gasteiger partial charge in [0.2, 0.25) is 0 Å². The molecule has 0 saturated carbocycles. The van der Waals surface area contributed by atoms with Gasteiger partial charge < -0.3 is 5.32 Å². The second-order valence-electron chi connectivity index (χ2n) is 4.74. The summed E-state index contributed by atoms with van der Waals surface area (Å²) in [6.45, 7) is 2.84. The van der Waals surface area contributed by atoms with Crippen LogP contribution in [0, 0.1) is 0 Å². The lowest BCUT2D eigenvalue weighted by Crippen LogP contribution is -2.18. The van der Waals surface area contributed by atoms with Crippen LogP contribution in [0.25, 0.3) is 10.9 Å². The zero-order valence-corrected chi connectivity index (χ0v) is 11.9. The SMILES string of the molecule is CC(NCc1ccc(Cl)c2cccnc12)c1cn[nH]c1. The summed E-state index contributed by atoms with van der Waals surface area (Å²) in [5.74, 6) is 0. The number of fused-ring (bicyclic) bond motifs is 1. The van der Waals surface area contributed by atoms with Crippen LogP contribution >= 0.6 is 11.6 Å². The number of hydrogen-bond donors (Lipinski definition) is 2. The molecule has 0 amide bonds. The smallest absolute Gasteiger partial charge is 0.0761 e. The average Bonchev–Trinajstić information content (AvgIpc) is 3.01. The Labute approximate surface area is 122 Å².